The molecule has 0 heterocycles. The van der Waals surface area contributed by atoms with E-state index in [-0.39, 0.29) is 24.8 Å². The molecule has 0 amide bonds. The standard InChI is InChI=1S/C18H13.C3H6.2ClH.Zr/c1-2-6-13(5-1)16-11-15-10-9-14-7-3-4-8-17(14)18(15)12-16;1-3-2;;;/h1-5,7-12H,6H2;1-2H3;2*1H;/q-1;;;;+2/p-2. The molecule has 0 saturated carbocycles. The molecular weight excluding hydrogens is 414 g/mol. The topological polar surface area (TPSA) is 0 Å². The van der Waals surface area contributed by atoms with Gasteiger partial charge < -0.3 is 24.8 Å². The van der Waals surface area contributed by atoms with Crippen LogP contribution in [0.5, 0.6) is 0 Å². The zero-order valence-corrected chi connectivity index (χ0v) is 17.8. The Morgan fingerprint density at radius 1 is 1.00 bits per heavy atom. The van der Waals surface area contributed by atoms with Crippen LogP contribution in [0.25, 0.3) is 27.1 Å². The molecule has 0 saturated heterocycles. The van der Waals surface area contributed by atoms with E-state index in [1.807, 2.05) is 0 Å². The molecule has 0 spiro atoms. The Hall–Kier alpha value is -0.877. The number of fused-ring (bicyclic) bond motifs is 3. The van der Waals surface area contributed by atoms with Gasteiger partial charge in [-0.3, -0.25) is 0 Å². The van der Waals surface area contributed by atoms with Crippen molar-refractivity contribution in [3.63, 3.8) is 0 Å². The molecule has 0 radical (unpaired) electrons. The Balaban J connectivity index is 0.000000438. The maximum atomic E-state index is 2.33. The number of halogens is 2. The fourth-order valence-electron chi connectivity index (χ4n) is 2.81. The van der Waals surface area contributed by atoms with Gasteiger partial charge in [-0.15, -0.1) is 34.0 Å². The molecule has 3 aromatic carbocycles. The first-order valence-corrected chi connectivity index (χ1v) is 8.84. The third-order valence-corrected chi connectivity index (χ3v) is 3.76. The molecule has 3 aromatic rings. The van der Waals surface area contributed by atoms with Gasteiger partial charge in [0.2, 0.25) is 0 Å². The van der Waals surface area contributed by atoms with Crippen molar-refractivity contribution in [3.8, 4) is 0 Å². The zero-order valence-electron chi connectivity index (χ0n) is 13.8. The fourth-order valence-corrected chi connectivity index (χ4v) is 2.81. The number of hydrogen-bond donors (Lipinski definition) is 0. The summed E-state index contributed by atoms with van der Waals surface area (Å²) in [6.07, 6.45) is 7.64. The van der Waals surface area contributed by atoms with E-state index >= 15 is 0 Å². The van der Waals surface area contributed by atoms with Crippen LogP contribution in [-0.2, 0) is 24.2 Å². The Labute approximate surface area is 171 Å². The number of hydrogen-bond acceptors (Lipinski definition) is 0. The summed E-state index contributed by atoms with van der Waals surface area (Å²) < 4.78 is 1.51. The van der Waals surface area contributed by atoms with Gasteiger partial charge in [0.25, 0.3) is 0 Å². The average Bonchev–Trinajstić information content (AvgIpc) is 3.15. The third-order valence-electron chi connectivity index (χ3n) is 3.76. The van der Waals surface area contributed by atoms with Crippen molar-refractivity contribution in [2.24, 2.45) is 0 Å². The molecule has 0 aliphatic heterocycles. The van der Waals surface area contributed by atoms with E-state index < -0.39 is 0 Å². The molecule has 3 heteroatoms. The van der Waals surface area contributed by atoms with Crippen molar-refractivity contribution in [3.05, 3.63) is 72.3 Å². The molecule has 0 N–H and O–H groups in total. The van der Waals surface area contributed by atoms with Gasteiger partial charge in [-0.05, 0) is 6.42 Å². The second-order valence-electron chi connectivity index (χ2n) is 5.86. The maximum Gasteiger partial charge on any atom is -1.00 e. The second-order valence-corrected chi connectivity index (χ2v) is 8.32. The van der Waals surface area contributed by atoms with Crippen LogP contribution < -0.4 is 24.8 Å². The average molecular weight is 434 g/mol. The molecule has 4 rings (SSSR count). The van der Waals surface area contributed by atoms with Gasteiger partial charge in [-0.2, -0.15) is 0 Å². The summed E-state index contributed by atoms with van der Waals surface area (Å²) in [4.78, 5) is 0. The summed E-state index contributed by atoms with van der Waals surface area (Å²) >= 11 is 1.55. The van der Waals surface area contributed by atoms with Crippen LogP contribution in [0.2, 0.25) is 0 Å². The smallest absolute Gasteiger partial charge is 1.00 e. The Morgan fingerprint density at radius 2 is 1.67 bits per heavy atom. The molecule has 0 fully saturated rings. The minimum atomic E-state index is 0. The van der Waals surface area contributed by atoms with Crippen molar-refractivity contribution in [1.82, 2.24) is 0 Å². The number of benzene rings is 2. The summed E-state index contributed by atoms with van der Waals surface area (Å²) in [5, 5.41) is 5.39. The monoisotopic (exact) mass is 431 g/mol. The molecule has 122 valence electrons. The summed E-state index contributed by atoms with van der Waals surface area (Å²) in [5.41, 5.74) is 2.79. The van der Waals surface area contributed by atoms with E-state index in [1.165, 1.54) is 35.9 Å². The first-order valence-electron chi connectivity index (χ1n) is 7.61. The fraction of sp³-hybridized carbons (Fsp3) is 0.143. The molecule has 0 unspecified atom stereocenters. The molecular formula is C21H19Cl2Zr-. The van der Waals surface area contributed by atoms with Crippen molar-refractivity contribution >= 4 is 30.3 Å². The predicted octanol–water partition coefficient (Wildman–Crippen LogP) is -0.191. The van der Waals surface area contributed by atoms with Crippen LogP contribution in [0.1, 0.15) is 25.8 Å². The van der Waals surface area contributed by atoms with Crippen LogP contribution in [-0.4, -0.2) is 3.21 Å². The van der Waals surface area contributed by atoms with Crippen LogP contribution >= 0.6 is 0 Å². The van der Waals surface area contributed by atoms with Gasteiger partial charge in [0.15, 0.2) is 0 Å². The first-order chi connectivity index (χ1) is 10.6. The number of allylic oxidation sites excluding steroid dienone is 4. The second kappa shape index (κ2) is 9.57. The van der Waals surface area contributed by atoms with Gasteiger partial charge in [0, 0.05) is 0 Å². The molecule has 1 aliphatic carbocycles. The molecule has 24 heavy (non-hydrogen) atoms. The summed E-state index contributed by atoms with van der Waals surface area (Å²) in [5.74, 6) is 0. The van der Waals surface area contributed by atoms with Crippen LogP contribution in [0.4, 0.5) is 0 Å². The maximum absolute atomic E-state index is 2.33. The SMILES string of the molecule is C1=CCC(c2cc3ccc4ccccc4c3[cH-]2)=C1.C[C](C)=[Zr+2].[Cl-].[Cl-]. The van der Waals surface area contributed by atoms with Crippen LogP contribution in [0, 0.1) is 0 Å². The van der Waals surface area contributed by atoms with Crippen LogP contribution in [0.3, 0.4) is 0 Å². The normalized spacial score (nSPS) is 12.1. The quantitative estimate of drug-likeness (QED) is 0.467. The molecule has 0 atom stereocenters. The van der Waals surface area contributed by atoms with Crippen molar-refractivity contribution in [2.45, 2.75) is 20.3 Å². The molecule has 1 aliphatic rings. The Morgan fingerprint density at radius 3 is 2.33 bits per heavy atom. The third kappa shape index (κ3) is 4.82. The van der Waals surface area contributed by atoms with E-state index in [2.05, 4.69) is 80.6 Å². The first kappa shape index (κ1) is 21.2. The van der Waals surface area contributed by atoms with Crippen LogP contribution in [0.15, 0.2) is 66.8 Å². The van der Waals surface area contributed by atoms with Gasteiger partial charge in [-0.25, -0.2) is 0 Å². The van der Waals surface area contributed by atoms with E-state index in [9.17, 15) is 0 Å². The van der Waals surface area contributed by atoms with E-state index in [1.54, 1.807) is 24.2 Å². The van der Waals surface area contributed by atoms with Gasteiger partial charge in [0.1, 0.15) is 0 Å². The van der Waals surface area contributed by atoms with Crippen molar-refractivity contribution < 1.29 is 49.0 Å². The molecule has 0 aromatic heterocycles. The molecule has 0 bridgehead atoms. The van der Waals surface area contributed by atoms with Crippen molar-refractivity contribution in [2.75, 3.05) is 0 Å². The molecule has 0 nitrogen and oxygen atoms in total. The predicted molar refractivity (Wildman–Crippen MR) is 95.1 cm³/mol. The van der Waals surface area contributed by atoms with E-state index in [0.717, 1.165) is 6.42 Å². The minimum absolute atomic E-state index is 0. The summed E-state index contributed by atoms with van der Waals surface area (Å²) in [7, 11) is 0. The van der Waals surface area contributed by atoms with Crippen molar-refractivity contribution in [1.29, 1.82) is 0 Å². The summed E-state index contributed by atoms with van der Waals surface area (Å²) in [6.45, 7) is 4.25. The Bertz CT molecular complexity index is 896. The van der Waals surface area contributed by atoms with E-state index in [4.69, 9.17) is 0 Å². The number of rotatable bonds is 1. The Kier molecular flexibility index (Phi) is 8.44. The van der Waals surface area contributed by atoms with E-state index in [0.29, 0.717) is 0 Å². The van der Waals surface area contributed by atoms with Gasteiger partial charge >= 0.3 is 41.3 Å². The summed E-state index contributed by atoms with van der Waals surface area (Å²) in [6, 6.07) is 17.7. The minimum Gasteiger partial charge on any atom is -1.00 e. The van der Waals surface area contributed by atoms with Gasteiger partial charge in [0.05, 0.1) is 0 Å². The largest absolute Gasteiger partial charge is 1.00 e. The zero-order chi connectivity index (χ0) is 15.5. The van der Waals surface area contributed by atoms with Gasteiger partial charge in [-0.1, -0.05) is 65.4 Å².